The van der Waals surface area contributed by atoms with Crippen LogP contribution in [0.1, 0.15) is 11.6 Å². The van der Waals surface area contributed by atoms with Crippen LogP contribution in [0.2, 0.25) is 0 Å². The van der Waals surface area contributed by atoms with E-state index in [1.807, 2.05) is 0 Å². The number of nitrogens with one attached hydrogen (secondary N) is 1. The smallest absolute Gasteiger partial charge is 0.208 e. The number of hydrogen-bond acceptors (Lipinski definition) is 4. The standard InChI is InChI=1S/C5H8N4O/c6-1-4-9-3(2-10-4)5(7)8/h2H,1,6H2,(H3,7,8). The van der Waals surface area contributed by atoms with E-state index in [9.17, 15) is 0 Å². The van der Waals surface area contributed by atoms with E-state index >= 15 is 0 Å². The van der Waals surface area contributed by atoms with Crippen LogP contribution in [-0.2, 0) is 6.54 Å². The van der Waals surface area contributed by atoms with E-state index in [0.717, 1.165) is 0 Å². The first-order valence-electron chi connectivity index (χ1n) is 2.73. The third-order valence-corrected chi connectivity index (χ3v) is 1.00. The topological polar surface area (TPSA) is 102 Å². The molecule has 5 heteroatoms. The van der Waals surface area contributed by atoms with Crippen LogP contribution in [0.5, 0.6) is 0 Å². The van der Waals surface area contributed by atoms with E-state index in [1.165, 1.54) is 6.26 Å². The van der Waals surface area contributed by atoms with Crippen molar-refractivity contribution in [3.8, 4) is 0 Å². The fourth-order valence-electron chi connectivity index (χ4n) is 0.528. The molecule has 0 aliphatic heterocycles. The number of aromatic nitrogens is 1. The lowest BCUT2D eigenvalue weighted by Gasteiger charge is -1.84. The summed E-state index contributed by atoms with van der Waals surface area (Å²) in [4.78, 5) is 3.79. The van der Waals surface area contributed by atoms with Crippen LogP contribution in [0.4, 0.5) is 0 Å². The summed E-state index contributed by atoms with van der Waals surface area (Å²) in [6.07, 6.45) is 1.31. The Morgan fingerprint density at radius 1 is 1.80 bits per heavy atom. The fourth-order valence-corrected chi connectivity index (χ4v) is 0.528. The first kappa shape index (κ1) is 6.76. The first-order chi connectivity index (χ1) is 4.74. The Labute approximate surface area is 57.5 Å². The Morgan fingerprint density at radius 2 is 2.50 bits per heavy atom. The van der Waals surface area contributed by atoms with Gasteiger partial charge in [0.25, 0.3) is 0 Å². The highest BCUT2D eigenvalue weighted by molar-refractivity contribution is 5.92. The van der Waals surface area contributed by atoms with Crippen molar-refractivity contribution >= 4 is 5.84 Å². The summed E-state index contributed by atoms with van der Waals surface area (Å²) in [6.45, 7) is 0.229. The Morgan fingerprint density at radius 3 is 2.80 bits per heavy atom. The van der Waals surface area contributed by atoms with Crippen LogP contribution in [0.25, 0.3) is 0 Å². The molecule has 1 rings (SSSR count). The van der Waals surface area contributed by atoms with Crippen LogP contribution < -0.4 is 11.5 Å². The lowest BCUT2D eigenvalue weighted by atomic mass is 10.5. The van der Waals surface area contributed by atoms with Crippen LogP contribution in [0.3, 0.4) is 0 Å². The van der Waals surface area contributed by atoms with Gasteiger partial charge in [-0.3, -0.25) is 5.41 Å². The highest BCUT2D eigenvalue weighted by atomic mass is 16.3. The van der Waals surface area contributed by atoms with Crippen LogP contribution in [0.15, 0.2) is 10.7 Å². The molecule has 0 aliphatic carbocycles. The van der Waals surface area contributed by atoms with Gasteiger partial charge in [0.05, 0.1) is 6.54 Å². The molecule has 0 saturated heterocycles. The van der Waals surface area contributed by atoms with E-state index in [4.69, 9.17) is 21.3 Å². The van der Waals surface area contributed by atoms with Crippen molar-refractivity contribution < 1.29 is 4.42 Å². The molecule has 0 atom stereocenters. The predicted octanol–water partition coefficient (Wildman–Crippen LogP) is -0.583. The van der Waals surface area contributed by atoms with Crippen LogP contribution in [-0.4, -0.2) is 10.8 Å². The second kappa shape index (κ2) is 2.49. The molecular weight excluding hydrogens is 132 g/mol. The Balaban J connectivity index is 2.88. The van der Waals surface area contributed by atoms with Crippen LogP contribution >= 0.6 is 0 Å². The monoisotopic (exact) mass is 140 g/mol. The summed E-state index contributed by atoms with van der Waals surface area (Å²) in [5.74, 6) is 0.286. The average molecular weight is 140 g/mol. The molecule has 5 N–H and O–H groups in total. The fraction of sp³-hybridized carbons (Fsp3) is 0.200. The number of nitrogens with two attached hydrogens (primary N) is 2. The maximum absolute atomic E-state index is 6.94. The van der Waals surface area contributed by atoms with Crippen molar-refractivity contribution in [1.29, 1.82) is 5.41 Å². The van der Waals surface area contributed by atoms with Gasteiger partial charge < -0.3 is 15.9 Å². The number of amidine groups is 1. The molecule has 0 bridgehead atoms. The number of oxazole rings is 1. The van der Waals surface area contributed by atoms with Crippen LogP contribution in [0, 0.1) is 5.41 Å². The van der Waals surface area contributed by atoms with Gasteiger partial charge >= 0.3 is 0 Å². The molecule has 1 aromatic heterocycles. The van der Waals surface area contributed by atoms with Gasteiger partial charge in [0.15, 0.2) is 0 Å². The Hall–Kier alpha value is -1.36. The molecule has 5 nitrogen and oxygen atoms in total. The minimum atomic E-state index is -0.108. The largest absolute Gasteiger partial charge is 0.447 e. The van der Waals surface area contributed by atoms with Gasteiger partial charge in [0, 0.05) is 0 Å². The summed E-state index contributed by atoms with van der Waals surface area (Å²) >= 11 is 0. The molecule has 0 saturated carbocycles. The summed E-state index contributed by atoms with van der Waals surface area (Å²) < 4.78 is 4.82. The summed E-state index contributed by atoms with van der Waals surface area (Å²) in [5.41, 5.74) is 10.6. The highest BCUT2D eigenvalue weighted by Crippen LogP contribution is 1.98. The van der Waals surface area contributed by atoms with Gasteiger partial charge in [-0.2, -0.15) is 0 Å². The van der Waals surface area contributed by atoms with E-state index in [2.05, 4.69) is 4.98 Å². The predicted molar refractivity (Wildman–Crippen MR) is 35.4 cm³/mol. The summed E-state index contributed by atoms with van der Waals surface area (Å²) in [5, 5.41) is 6.94. The number of nitrogens with zero attached hydrogens (tertiary/aromatic N) is 1. The molecule has 0 spiro atoms. The minimum Gasteiger partial charge on any atom is -0.447 e. The van der Waals surface area contributed by atoms with Crippen molar-refractivity contribution in [2.45, 2.75) is 6.54 Å². The molecule has 0 fully saturated rings. The van der Waals surface area contributed by atoms with Gasteiger partial charge in [-0.25, -0.2) is 4.98 Å². The lowest BCUT2D eigenvalue weighted by Crippen LogP contribution is -2.11. The number of nitrogen functional groups attached to an aromatic ring is 1. The maximum atomic E-state index is 6.94. The molecule has 1 aromatic rings. The third-order valence-electron chi connectivity index (χ3n) is 1.00. The highest BCUT2D eigenvalue weighted by Gasteiger charge is 2.02. The van der Waals surface area contributed by atoms with E-state index < -0.39 is 0 Å². The van der Waals surface area contributed by atoms with Crippen molar-refractivity contribution in [2.75, 3.05) is 0 Å². The van der Waals surface area contributed by atoms with Crippen molar-refractivity contribution in [3.05, 3.63) is 17.8 Å². The average Bonchev–Trinajstić information content (AvgIpc) is 2.34. The molecule has 54 valence electrons. The van der Waals surface area contributed by atoms with Crippen molar-refractivity contribution in [2.24, 2.45) is 11.5 Å². The SMILES string of the molecule is N=C(N)c1coc(CN)n1. The second-order valence-corrected chi connectivity index (χ2v) is 1.74. The molecule has 1 heterocycles. The zero-order valence-electron chi connectivity index (χ0n) is 5.29. The van der Waals surface area contributed by atoms with Gasteiger partial charge in [-0.15, -0.1) is 0 Å². The molecule has 0 aromatic carbocycles. The first-order valence-corrected chi connectivity index (χ1v) is 2.73. The second-order valence-electron chi connectivity index (χ2n) is 1.74. The molecule has 0 unspecified atom stereocenters. The van der Waals surface area contributed by atoms with E-state index in [1.54, 1.807) is 0 Å². The van der Waals surface area contributed by atoms with Gasteiger partial charge in [-0.05, 0) is 0 Å². The molecular formula is C5H8N4O. The Kier molecular flexibility index (Phi) is 1.68. The minimum absolute atomic E-state index is 0.108. The molecule has 0 aliphatic rings. The zero-order chi connectivity index (χ0) is 7.56. The maximum Gasteiger partial charge on any atom is 0.208 e. The third kappa shape index (κ3) is 1.14. The van der Waals surface area contributed by atoms with E-state index in [0.29, 0.717) is 11.6 Å². The quantitative estimate of drug-likeness (QED) is 0.377. The number of rotatable bonds is 2. The molecule has 0 amide bonds. The normalized spacial score (nSPS) is 9.70. The summed E-state index contributed by atoms with van der Waals surface area (Å²) in [6, 6.07) is 0. The van der Waals surface area contributed by atoms with Crippen molar-refractivity contribution in [3.63, 3.8) is 0 Å². The van der Waals surface area contributed by atoms with Gasteiger partial charge in [-0.1, -0.05) is 0 Å². The van der Waals surface area contributed by atoms with E-state index in [-0.39, 0.29) is 12.4 Å². The Bertz CT molecular complexity index is 242. The lowest BCUT2D eigenvalue weighted by molar-refractivity contribution is 0.497. The number of hydrogen-bond donors (Lipinski definition) is 3. The molecule has 10 heavy (non-hydrogen) atoms. The van der Waals surface area contributed by atoms with Gasteiger partial charge in [0.2, 0.25) is 5.89 Å². The van der Waals surface area contributed by atoms with Crippen molar-refractivity contribution in [1.82, 2.24) is 4.98 Å². The zero-order valence-corrected chi connectivity index (χ0v) is 5.29. The molecule has 0 radical (unpaired) electrons. The van der Waals surface area contributed by atoms with Gasteiger partial charge in [0.1, 0.15) is 17.8 Å². The summed E-state index contributed by atoms with van der Waals surface area (Å²) in [7, 11) is 0.